The Morgan fingerprint density at radius 3 is 1.83 bits per heavy atom. The Balaban J connectivity index is 0.000000671. The molecule has 0 heterocycles. The van der Waals surface area contributed by atoms with Crippen LogP contribution in [0.5, 0.6) is 0 Å². The minimum absolute atomic E-state index is 0.856. The van der Waals surface area contributed by atoms with E-state index in [1.807, 2.05) is 89.3 Å². The predicted molar refractivity (Wildman–Crippen MR) is 107 cm³/mol. The zero-order valence-electron chi connectivity index (χ0n) is 15.2. The molecule has 24 heavy (non-hydrogen) atoms. The second kappa shape index (κ2) is 10.9. The summed E-state index contributed by atoms with van der Waals surface area (Å²) in [7, 11) is 1.92. The van der Waals surface area contributed by atoms with E-state index in [0.717, 1.165) is 27.8 Å². The van der Waals surface area contributed by atoms with E-state index in [1.165, 1.54) is 0 Å². The number of hydrogen-bond donors (Lipinski definition) is 1. The van der Waals surface area contributed by atoms with Crippen LogP contribution in [0.1, 0.15) is 27.7 Å². The number of nitrogens with one attached hydrogen (secondary N) is 1. The Morgan fingerprint density at radius 2 is 1.21 bits per heavy atom. The number of anilines is 1. The Labute approximate surface area is 145 Å². The Hall–Kier alpha value is -2.68. The van der Waals surface area contributed by atoms with Crippen LogP contribution in [-0.4, -0.2) is 7.05 Å². The molecule has 3 aromatic rings. The van der Waals surface area contributed by atoms with Crippen molar-refractivity contribution < 1.29 is 0 Å². The zero-order chi connectivity index (χ0) is 17.8. The van der Waals surface area contributed by atoms with Gasteiger partial charge in [0.15, 0.2) is 0 Å². The van der Waals surface area contributed by atoms with Crippen LogP contribution in [0.4, 0.5) is 17.1 Å². The maximum atomic E-state index is 4.38. The van der Waals surface area contributed by atoms with Gasteiger partial charge in [0.05, 0.1) is 11.4 Å². The molecule has 3 aromatic carbocycles. The van der Waals surface area contributed by atoms with E-state index in [2.05, 4.69) is 27.7 Å². The highest BCUT2D eigenvalue weighted by Gasteiger charge is 2.03. The molecule has 0 spiro atoms. The second-order valence-electron chi connectivity index (χ2n) is 4.46. The summed E-state index contributed by atoms with van der Waals surface area (Å²) in [6.45, 7) is 8.00. The van der Waals surface area contributed by atoms with Gasteiger partial charge < -0.3 is 5.32 Å². The molecule has 0 aromatic heterocycles. The van der Waals surface area contributed by atoms with Crippen LogP contribution in [-0.2, 0) is 0 Å². The molecule has 0 atom stereocenters. The quantitative estimate of drug-likeness (QED) is 0.503. The molecule has 0 saturated heterocycles. The largest absolute Gasteiger partial charge is 0.388 e. The fraction of sp³-hybridized carbons (Fsp3) is 0.238. The molecule has 0 aliphatic heterocycles. The van der Waals surface area contributed by atoms with Crippen LogP contribution >= 0.6 is 0 Å². The molecule has 0 fully saturated rings. The number of rotatable bonds is 3. The van der Waals surface area contributed by atoms with Crippen LogP contribution in [0.25, 0.3) is 10.8 Å². The third kappa shape index (κ3) is 4.92. The molecule has 126 valence electrons. The fourth-order valence-electron chi connectivity index (χ4n) is 2.19. The first-order chi connectivity index (χ1) is 11.9. The summed E-state index contributed by atoms with van der Waals surface area (Å²) in [5.74, 6) is 0. The first kappa shape index (κ1) is 19.4. The normalized spacial score (nSPS) is 9.71. The predicted octanol–water partition coefficient (Wildman–Crippen LogP) is 7.35. The minimum atomic E-state index is 0.856. The zero-order valence-corrected chi connectivity index (χ0v) is 15.2. The summed E-state index contributed by atoms with van der Waals surface area (Å²) >= 11 is 0. The Bertz CT molecular complexity index is 749. The first-order valence-electron chi connectivity index (χ1n) is 8.55. The molecular formula is C21H27N3. The molecule has 0 aliphatic rings. The van der Waals surface area contributed by atoms with Crippen molar-refractivity contribution in [1.82, 2.24) is 0 Å². The fourth-order valence-corrected chi connectivity index (χ4v) is 2.19. The topological polar surface area (TPSA) is 36.8 Å². The highest BCUT2D eigenvalue weighted by molar-refractivity contribution is 6.00. The third-order valence-corrected chi connectivity index (χ3v) is 3.20. The van der Waals surface area contributed by atoms with Gasteiger partial charge in [-0.1, -0.05) is 70.2 Å². The van der Waals surface area contributed by atoms with Crippen molar-refractivity contribution in [2.45, 2.75) is 27.7 Å². The average Bonchev–Trinajstić information content (AvgIpc) is 2.70. The number of benzene rings is 3. The van der Waals surface area contributed by atoms with Crippen LogP contribution in [0.2, 0.25) is 0 Å². The highest BCUT2D eigenvalue weighted by Crippen LogP contribution is 2.32. The maximum absolute atomic E-state index is 4.38. The SMILES string of the molecule is CC.CC.CNc1ccc(N=Nc2ccccc2)c2ccccc12. The van der Waals surface area contributed by atoms with E-state index in [4.69, 9.17) is 0 Å². The average molecular weight is 321 g/mol. The van der Waals surface area contributed by atoms with E-state index in [0.29, 0.717) is 0 Å². The lowest BCUT2D eigenvalue weighted by Crippen LogP contribution is -1.88. The Kier molecular flexibility index (Phi) is 8.84. The molecule has 3 nitrogen and oxygen atoms in total. The van der Waals surface area contributed by atoms with E-state index < -0.39 is 0 Å². The number of hydrogen-bond acceptors (Lipinski definition) is 3. The van der Waals surface area contributed by atoms with Gasteiger partial charge in [-0.15, -0.1) is 5.11 Å². The number of nitrogens with zero attached hydrogens (tertiary/aromatic N) is 2. The third-order valence-electron chi connectivity index (χ3n) is 3.20. The number of fused-ring (bicyclic) bond motifs is 1. The van der Waals surface area contributed by atoms with Crippen molar-refractivity contribution in [2.24, 2.45) is 10.2 Å². The van der Waals surface area contributed by atoms with Gasteiger partial charge in [-0.3, -0.25) is 0 Å². The van der Waals surface area contributed by atoms with Crippen LogP contribution in [0.15, 0.2) is 77.0 Å². The molecule has 0 aliphatic carbocycles. The summed E-state index contributed by atoms with van der Waals surface area (Å²) in [6, 6.07) is 22.0. The Morgan fingerprint density at radius 1 is 0.625 bits per heavy atom. The maximum Gasteiger partial charge on any atom is 0.0936 e. The monoisotopic (exact) mass is 321 g/mol. The molecule has 3 rings (SSSR count). The van der Waals surface area contributed by atoms with Gasteiger partial charge in [0, 0.05) is 23.5 Å². The molecule has 3 heteroatoms. The summed E-state index contributed by atoms with van der Waals surface area (Å²) in [5, 5.41) is 14.1. The number of azo groups is 1. The minimum Gasteiger partial charge on any atom is -0.388 e. The standard InChI is InChI=1S/C17H15N3.2C2H6/c1-18-16-11-12-17(15-10-6-5-9-14(15)16)20-19-13-7-3-2-4-8-13;2*1-2/h2-12,18H,1H3;2*1-2H3. The lowest BCUT2D eigenvalue weighted by atomic mass is 10.1. The summed E-state index contributed by atoms with van der Waals surface area (Å²) < 4.78 is 0. The van der Waals surface area contributed by atoms with E-state index in [1.54, 1.807) is 0 Å². The summed E-state index contributed by atoms with van der Waals surface area (Å²) in [4.78, 5) is 0. The molecule has 0 bridgehead atoms. The highest BCUT2D eigenvalue weighted by atomic mass is 15.1. The van der Waals surface area contributed by atoms with Crippen molar-refractivity contribution in [3.05, 3.63) is 66.7 Å². The van der Waals surface area contributed by atoms with Gasteiger partial charge in [0.25, 0.3) is 0 Å². The van der Waals surface area contributed by atoms with Gasteiger partial charge in [-0.2, -0.15) is 5.11 Å². The van der Waals surface area contributed by atoms with Crippen molar-refractivity contribution in [1.29, 1.82) is 0 Å². The van der Waals surface area contributed by atoms with Crippen molar-refractivity contribution >= 4 is 27.8 Å². The summed E-state index contributed by atoms with van der Waals surface area (Å²) in [5.41, 5.74) is 2.83. The molecule has 0 saturated carbocycles. The smallest absolute Gasteiger partial charge is 0.0936 e. The summed E-state index contributed by atoms with van der Waals surface area (Å²) in [6.07, 6.45) is 0. The van der Waals surface area contributed by atoms with E-state index in [-0.39, 0.29) is 0 Å². The van der Waals surface area contributed by atoms with Crippen LogP contribution < -0.4 is 5.32 Å². The van der Waals surface area contributed by atoms with Crippen molar-refractivity contribution in [2.75, 3.05) is 12.4 Å². The van der Waals surface area contributed by atoms with Crippen LogP contribution in [0.3, 0.4) is 0 Å². The van der Waals surface area contributed by atoms with E-state index >= 15 is 0 Å². The van der Waals surface area contributed by atoms with Gasteiger partial charge in [0.1, 0.15) is 0 Å². The van der Waals surface area contributed by atoms with Gasteiger partial charge >= 0.3 is 0 Å². The molecular weight excluding hydrogens is 294 g/mol. The lowest BCUT2D eigenvalue weighted by Gasteiger charge is -2.07. The molecule has 1 N–H and O–H groups in total. The van der Waals surface area contributed by atoms with Gasteiger partial charge in [0.2, 0.25) is 0 Å². The lowest BCUT2D eigenvalue weighted by molar-refractivity contribution is 1.24. The molecule has 0 radical (unpaired) electrons. The first-order valence-corrected chi connectivity index (χ1v) is 8.55. The second-order valence-corrected chi connectivity index (χ2v) is 4.46. The van der Waals surface area contributed by atoms with Crippen molar-refractivity contribution in [3.63, 3.8) is 0 Å². The van der Waals surface area contributed by atoms with E-state index in [9.17, 15) is 0 Å². The molecule has 0 unspecified atom stereocenters. The van der Waals surface area contributed by atoms with Gasteiger partial charge in [-0.25, -0.2) is 0 Å². The van der Waals surface area contributed by atoms with Crippen molar-refractivity contribution in [3.8, 4) is 0 Å². The molecule has 0 amide bonds. The van der Waals surface area contributed by atoms with Gasteiger partial charge in [-0.05, 0) is 24.3 Å². The van der Waals surface area contributed by atoms with Crippen LogP contribution in [0, 0.1) is 0 Å².